The molecule has 1 aliphatic carbocycles. The van der Waals surface area contributed by atoms with E-state index in [1.165, 1.54) is 23.8 Å². The number of hydrogen-bond donors (Lipinski definition) is 2. The minimum Gasteiger partial charge on any atom is -0.494 e. The van der Waals surface area contributed by atoms with Crippen molar-refractivity contribution in [2.75, 3.05) is 30.8 Å². The van der Waals surface area contributed by atoms with Gasteiger partial charge in [-0.3, -0.25) is 4.68 Å². The fourth-order valence-electron chi connectivity index (χ4n) is 5.02. The van der Waals surface area contributed by atoms with E-state index in [0.717, 1.165) is 25.2 Å². The lowest BCUT2D eigenvalue weighted by Gasteiger charge is -2.20. The summed E-state index contributed by atoms with van der Waals surface area (Å²) in [6, 6.07) is 2.89. The molecule has 0 bridgehead atoms. The van der Waals surface area contributed by atoms with Gasteiger partial charge in [-0.15, -0.1) is 5.10 Å². The van der Waals surface area contributed by atoms with Crippen molar-refractivity contribution in [1.29, 1.82) is 0 Å². The number of nitrogens with zero attached hydrogens (tertiary/aromatic N) is 7. The van der Waals surface area contributed by atoms with Gasteiger partial charge in [0.25, 0.3) is 0 Å². The highest BCUT2D eigenvalue weighted by Gasteiger charge is 2.63. The van der Waals surface area contributed by atoms with Crippen molar-refractivity contribution < 1.29 is 14.2 Å². The lowest BCUT2D eigenvalue weighted by atomic mass is 10.1. The van der Waals surface area contributed by atoms with E-state index in [9.17, 15) is 9.50 Å². The van der Waals surface area contributed by atoms with E-state index in [2.05, 4.69) is 15.0 Å². The lowest BCUT2D eigenvalue weighted by molar-refractivity contribution is 0.0577. The Labute approximate surface area is 188 Å². The number of hydrogen-bond acceptors (Lipinski definition) is 8. The summed E-state index contributed by atoms with van der Waals surface area (Å²) in [4.78, 5) is 11.5. The van der Waals surface area contributed by atoms with Crippen molar-refractivity contribution in [2.45, 2.75) is 37.8 Å². The fraction of sp³-hybridized carbons (Fsp3) is 0.455. The first kappa shape index (κ1) is 20.2. The third-order valence-electron chi connectivity index (χ3n) is 6.69. The van der Waals surface area contributed by atoms with Gasteiger partial charge in [0, 0.05) is 30.7 Å². The van der Waals surface area contributed by atoms with Crippen LogP contribution in [0.15, 0.2) is 24.5 Å². The molecule has 2 fully saturated rings. The molecule has 0 spiro atoms. The lowest BCUT2D eigenvalue weighted by Crippen LogP contribution is -2.27. The van der Waals surface area contributed by atoms with Gasteiger partial charge < -0.3 is 20.5 Å². The highest BCUT2D eigenvalue weighted by molar-refractivity contribution is 5.93. The fourth-order valence-corrected chi connectivity index (χ4v) is 5.02. The Bertz CT molecular complexity index is 1410. The molecule has 10 nitrogen and oxygen atoms in total. The van der Waals surface area contributed by atoms with Crippen LogP contribution in [0, 0.1) is 11.7 Å². The summed E-state index contributed by atoms with van der Waals surface area (Å²) >= 11 is 0. The molecule has 172 valence electrons. The van der Waals surface area contributed by atoms with Gasteiger partial charge in [-0.25, -0.2) is 14.4 Å². The van der Waals surface area contributed by atoms with Crippen molar-refractivity contribution in [3.05, 3.63) is 36.2 Å². The average molecular weight is 452 g/mol. The summed E-state index contributed by atoms with van der Waals surface area (Å²) in [5, 5.41) is 19.7. The third-order valence-corrected chi connectivity index (χ3v) is 6.69. The molecular formula is C22H25FN8O2. The van der Waals surface area contributed by atoms with Gasteiger partial charge in [0.2, 0.25) is 5.95 Å². The first-order chi connectivity index (χ1) is 15.7. The SMILES string of the molecule is COc1cc2nc(N)n3nc([C@]45C[C@H]4CN(c4cnn(CC(C)(C)O)c4)C5)nc3c2cc1F. The zero-order valence-electron chi connectivity index (χ0n) is 18.7. The molecule has 1 aliphatic heterocycles. The number of fused-ring (bicyclic) bond motifs is 4. The van der Waals surface area contributed by atoms with Crippen LogP contribution in [-0.4, -0.2) is 60.3 Å². The normalized spacial score (nSPS) is 22.3. The molecule has 0 radical (unpaired) electrons. The minimum atomic E-state index is -0.835. The van der Waals surface area contributed by atoms with Crippen molar-refractivity contribution in [2.24, 2.45) is 5.92 Å². The number of aliphatic hydroxyl groups is 1. The average Bonchev–Trinajstić information content (AvgIpc) is 3.16. The Balaban J connectivity index is 1.34. The van der Waals surface area contributed by atoms with Crippen LogP contribution >= 0.6 is 0 Å². The van der Waals surface area contributed by atoms with E-state index in [0.29, 0.717) is 34.8 Å². The van der Waals surface area contributed by atoms with E-state index in [4.69, 9.17) is 20.6 Å². The zero-order chi connectivity index (χ0) is 23.1. The quantitative estimate of drug-likeness (QED) is 0.470. The summed E-state index contributed by atoms with van der Waals surface area (Å²) in [5.74, 6) is 0.943. The van der Waals surface area contributed by atoms with E-state index >= 15 is 0 Å². The van der Waals surface area contributed by atoms with Gasteiger partial charge in [0.1, 0.15) is 0 Å². The van der Waals surface area contributed by atoms with Crippen molar-refractivity contribution in [3.8, 4) is 5.75 Å². The number of nitrogen functional groups attached to an aromatic ring is 1. The Morgan fingerprint density at radius 3 is 2.91 bits per heavy atom. The number of aromatic nitrogens is 6. The Kier molecular flexibility index (Phi) is 3.99. The summed E-state index contributed by atoms with van der Waals surface area (Å²) in [5.41, 5.74) is 7.17. The van der Waals surface area contributed by atoms with Crippen molar-refractivity contribution in [1.82, 2.24) is 29.4 Å². The number of anilines is 2. The number of methoxy groups -OCH3 is 1. The van der Waals surface area contributed by atoms with Gasteiger partial charge in [0.05, 0.1) is 42.1 Å². The van der Waals surface area contributed by atoms with Crippen molar-refractivity contribution in [3.63, 3.8) is 0 Å². The minimum absolute atomic E-state index is 0.107. The number of halogens is 1. The maximum Gasteiger partial charge on any atom is 0.223 e. The predicted molar refractivity (Wildman–Crippen MR) is 120 cm³/mol. The molecule has 2 atom stereocenters. The van der Waals surface area contributed by atoms with Crippen LogP contribution in [0.4, 0.5) is 16.0 Å². The summed E-state index contributed by atoms with van der Waals surface area (Å²) in [6.07, 6.45) is 4.78. The molecule has 4 aromatic rings. The second-order valence-corrected chi connectivity index (χ2v) is 9.79. The molecule has 2 aliphatic rings. The summed E-state index contributed by atoms with van der Waals surface area (Å²) < 4.78 is 22.7. The molecule has 1 aromatic carbocycles. The van der Waals surface area contributed by atoms with Crippen LogP contribution in [0.3, 0.4) is 0 Å². The molecular weight excluding hydrogens is 427 g/mol. The van der Waals surface area contributed by atoms with Gasteiger partial charge in [-0.05, 0) is 32.3 Å². The first-order valence-corrected chi connectivity index (χ1v) is 10.9. The van der Waals surface area contributed by atoms with Gasteiger partial charge in [-0.2, -0.15) is 9.61 Å². The molecule has 0 amide bonds. The second kappa shape index (κ2) is 6.53. The smallest absolute Gasteiger partial charge is 0.223 e. The molecule has 3 N–H and O–H groups in total. The molecule has 0 unspecified atom stereocenters. The summed E-state index contributed by atoms with van der Waals surface area (Å²) in [6.45, 7) is 5.58. The first-order valence-electron chi connectivity index (χ1n) is 10.9. The zero-order valence-corrected chi connectivity index (χ0v) is 18.7. The van der Waals surface area contributed by atoms with Gasteiger partial charge in [-0.1, -0.05) is 0 Å². The molecule has 6 rings (SSSR count). The monoisotopic (exact) mass is 452 g/mol. The van der Waals surface area contributed by atoms with Crippen LogP contribution in [0.2, 0.25) is 0 Å². The number of ether oxygens (including phenoxy) is 1. The standard InChI is InChI=1S/C22H25FN8O2/c1-21(2,32)10-30-9-13(7-25-30)29-8-12-6-22(12,11-29)19-27-18-14-4-15(23)17(33-3)5-16(14)26-20(24)31(18)28-19/h4-5,7,9,12,32H,6,8,10-11H2,1-3H3,(H2,24,26)/t12-,22-/m0/s1. The maximum absolute atomic E-state index is 14.4. The third kappa shape index (κ3) is 3.10. The van der Waals surface area contributed by atoms with E-state index in [1.807, 2.05) is 12.4 Å². The largest absolute Gasteiger partial charge is 0.494 e. The second-order valence-electron chi connectivity index (χ2n) is 9.79. The molecule has 1 saturated heterocycles. The van der Waals surface area contributed by atoms with Gasteiger partial charge >= 0.3 is 0 Å². The Hall–Kier alpha value is -3.47. The molecule has 33 heavy (non-hydrogen) atoms. The topological polar surface area (TPSA) is 120 Å². The number of benzene rings is 1. The molecule has 3 aromatic heterocycles. The van der Waals surface area contributed by atoms with Crippen LogP contribution in [0.1, 0.15) is 26.1 Å². The predicted octanol–water partition coefficient (Wildman–Crippen LogP) is 1.75. The molecule has 11 heteroatoms. The highest BCUT2D eigenvalue weighted by atomic mass is 19.1. The van der Waals surface area contributed by atoms with Crippen LogP contribution in [0.5, 0.6) is 5.75 Å². The highest BCUT2D eigenvalue weighted by Crippen LogP contribution is 2.58. The van der Waals surface area contributed by atoms with Crippen LogP contribution in [-0.2, 0) is 12.0 Å². The Morgan fingerprint density at radius 2 is 2.15 bits per heavy atom. The van der Waals surface area contributed by atoms with Crippen LogP contribution in [0.25, 0.3) is 16.6 Å². The van der Waals surface area contributed by atoms with Gasteiger partial charge in [0.15, 0.2) is 23.0 Å². The van der Waals surface area contributed by atoms with Crippen molar-refractivity contribution >= 4 is 28.2 Å². The number of rotatable bonds is 5. The maximum atomic E-state index is 14.4. The van der Waals surface area contributed by atoms with E-state index < -0.39 is 11.4 Å². The number of piperidine rings is 1. The van der Waals surface area contributed by atoms with E-state index in [1.54, 1.807) is 18.5 Å². The Morgan fingerprint density at radius 1 is 1.33 bits per heavy atom. The molecule has 1 saturated carbocycles. The number of nitrogens with two attached hydrogens (primary N) is 1. The molecule has 4 heterocycles. The van der Waals surface area contributed by atoms with Crippen LogP contribution < -0.4 is 15.4 Å². The summed E-state index contributed by atoms with van der Waals surface area (Å²) in [7, 11) is 1.41. The van der Waals surface area contributed by atoms with E-state index in [-0.39, 0.29) is 17.1 Å².